The second-order valence-electron chi connectivity index (χ2n) is 7.33. The Kier molecular flexibility index (Phi) is 8.60. The van der Waals surface area contributed by atoms with Crippen LogP contribution in [-0.4, -0.2) is 54.1 Å². The van der Waals surface area contributed by atoms with Gasteiger partial charge in [-0.3, -0.25) is 0 Å². The van der Waals surface area contributed by atoms with Crippen molar-refractivity contribution in [2.24, 2.45) is 0 Å². The summed E-state index contributed by atoms with van der Waals surface area (Å²) in [6.07, 6.45) is -8.98. The largest absolute Gasteiger partial charge is 0.490 e. The number of carboxylic acids is 2. The lowest BCUT2D eigenvalue weighted by molar-refractivity contribution is -0.193. The number of aliphatic carboxylic acids is 2. The van der Waals surface area contributed by atoms with E-state index >= 15 is 0 Å². The first-order valence-corrected chi connectivity index (χ1v) is 9.24. The van der Waals surface area contributed by atoms with Crippen molar-refractivity contribution in [1.29, 1.82) is 0 Å². The first-order valence-electron chi connectivity index (χ1n) is 8.86. The number of nitrogens with zero attached hydrogens (tertiary/aromatic N) is 1. The Bertz CT molecular complexity index is 787. The normalized spacial score (nSPS) is 17.1. The number of alkyl halides is 6. The van der Waals surface area contributed by atoms with Crippen molar-refractivity contribution < 1.29 is 46.1 Å². The minimum Gasteiger partial charge on any atom is -0.475 e. The van der Waals surface area contributed by atoms with Crippen LogP contribution in [0.1, 0.15) is 31.4 Å². The number of benzene rings is 1. The highest BCUT2D eigenvalue weighted by Gasteiger charge is 2.39. The van der Waals surface area contributed by atoms with Gasteiger partial charge in [0.25, 0.3) is 0 Å². The molecule has 3 rings (SSSR count). The molecular weight excluding hydrogens is 458 g/mol. The molecule has 1 aromatic carbocycles. The lowest BCUT2D eigenvalue weighted by atomic mass is 9.76. The number of carbonyl (C=O) groups is 2. The van der Waals surface area contributed by atoms with Gasteiger partial charge in [-0.1, -0.05) is 31.5 Å². The lowest BCUT2D eigenvalue weighted by Gasteiger charge is -2.41. The average molecular weight is 479 g/mol. The molecule has 2 aliphatic rings. The third kappa shape index (κ3) is 7.46. The Morgan fingerprint density at radius 1 is 1.03 bits per heavy atom. The summed E-state index contributed by atoms with van der Waals surface area (Å²) in [7, 11) is 0. The van der Waals surface area contributed by atoms with E-state index in [0.717, 1.165) is 31.2 Å². The molecule has 0 bridgehead atoms. The van der Waals surface area contributed by atoms with E-state index in [1.165, 1.54) is 23.2 Å². The van der Waals surface area contributed by atoms with Crippen LogP contribution in [-0.2, 0) is 21.5 Å². The van der Waals surface area contributed by atoms with Gasteiger partial charge in [0, 0.05) is 42.5 Å². The van der Waals surface area contributed by atoms with Gasteiger partial charge < -0.3 is 20.4 Å². The van der Waals surface area contributed by atoms with Gasteiger partial charge in [-0.05, 0) is 23.5 Å². The minimum atomic E-state index is -5.08. The van der Waals surface area contributed by atoms with Gasteiger partial charge in [-0.15, -0.1) is 0 Å². The molecule has 0 unspecified atom stereocenters. The summed E-state index contributed by atoms with van der Waals surface area (Å²) < 4.78 is 63.5. The van der Waals surface area contributed by atoms with E-state index in [0.29, 0.717) is 0 Å². The van der Waals surface area contributed by atoms with Crippen LogP contribution >= 0.6 is 11.6 Å². The third-order valence-electron chi connectivity index (χ3n) is 4.57. The molecule has 13 heteroatoms. The van der Waals surface area contributed by atoms with Gasteiger partial charge in [-0.2, -0.15) is 26.3 Å². The van der Waals surface area contributed by atoms with Gasteiger partial charge in [0.1, 0.15) is 0 Å². The molecule has 0 spiro atoms. The van der Waals surface area contributed by atoms with Crippen LogP contribution < -0.4 is 10.2 Å². The van der Waals surface area contributed by atoms with Crippen molar-refractivity contribution in [3.63, 3.8) is 0 Å². The summed E-state index contributed by atoms with van der Waals surface area (Å²) in [4.78, 5) is 20.3. The summed E-state index contributed by atoms with van der Waals surface area (Å²) in [6, 6.07) is 4.24. The Morgan fingerprint density at radius 2 is 1.52 bits per heavy atom. The molecule has 0 fully saturated rings. The number of anilines is 1. The van der Waals surface area contributed by atoms with Crippen LogP contribution in [0.3, 0.4) is 0 Å². The van der Waals surface area contributed by atoms with Gasteiger partial charge in [0.15, 0.2) is 0 Å². The smallest absolute Gasteiger partial charge is 0.475 e. The monoisotopic (exact) mass is 478 g/mol. The number of carboxylic acid groups (broad SMARTS) is 2. The molecule has 2 aliphatic heterocycles. The predicted octanol–water partition coefficient (Wildman–Crippen LogP) is 4.20. The fourth-order valence-electron chi connectivity index (χ4n) is 3.07. The van der Waals surface area contributed by atoms with Crippen molar-refractivity contribution in [3.8, 4) is 0 Å². The van der Waals surface area contributed by atoms with Crippen molar-refractivity contribution in [3.05, 3.63) is 28.3 Å². The summed E-state index contributed by atoms with van der Waals surface area (Å²) in [5, 5.41) is 18.7. The molecule has 0 aliphatic carbocycles. The van der Waals surface area contributed by atoms with Crippen LogP contribution in [0, 0.1) is 0 Å². The van der Waals surface area contributed by atoms with E-state index in [1.54, 1.807) is 0 Å². The Hall–Kier alpha value is -2.21. The molecule has 0 saturated carbocycles. The molecule has 1 aromatic rings. The highest BCUT2D eigenvalue weighted by atomic mass is 35.5. The fourth-order valence-corrected chi connectivity index (χ4v) is 3.48. The zero-order valence-electron chi connectivity index (χ0n) is 16.5. The van der Waals surface area contributed by atoms with Gasteiger partial charge in [0.05, 0.1) is 0 Å². The molecule has 3 N–H and O–H groups in total. The van der Waals surface area contributed by atoms with Gasteiger partial charge >= 0.3 is 24.3 Å². The van der Waals surface area contributed by atoms with Gasteiger partial charge in [0.2, 0.25) is 0 Å². The number of hydrogen-bond donors (Lipinski definition) is 3. The second kappa shape index (κ2) is 9.94. The van der Waals surface area contributed by atoms with E-state index in [-0.39, 0.29) is 5.41 Å². The van der Waals surface area contributed by atoms with Crippen LogP contribution in [0.15, 0.2) is 12.1 Å². The maximum absolute atomic E-state index is 10.6. The maximum atomic E-state index is 10.6. The van der Waals surface area contributed by atoms with Crippen molar-refractivity contribution >= 4 is 29.2 Å². The molecule has 6 nitrogen and oxygen atoms in total. The Labute approximate surface area is 178 Å². The topological polar surface area (TPSA) is 89.9 Å². The number of halogens is 7. The standard InChI is InChI=1S/C14H19ClN2.2C2HF3O2/c1-14(2)5-7-17-8-6-16-9-10-3-4-11(15)12(14)13(10)17;2*3-2(4,5)1(6)7/h3-4,16H,5-9H2,1-2H3;2*(H,6,7). The summed E-state index contributed by atoms with van der Waals surface area (Å²) in [5.74, 6) is -5.51. The van der Waals surface area contributed by atoms with E-state index in [2.05, 4.69) is 36.2 Å². The fraction of sp³-hybridized carbons (Fsp3) is 0.556. The number of rotatable bonds is 0. The average Bonchev–Trinajstić information content (AvgIpc) is 2.81. The van der Waals surface area contributed by atoms with Crippen molar-refractivity contribution in [1.82, 2.24) is 5.32 Å². The number of hydrogen-bond acceptors (Lipinski definition) is 4. The van der Waals surface area contributed by atoms with Crippen molar-refractivity contribution in [2.75, 3.05) is 24.5 Å². The number of nitrogens with one attached hydrogen (secondary N) is 1. The molecule has 0 aromatic heterocycles. The van der Waals surface area contributed by atoms with Crippen molar-refractivity contribution in [2.45, 2.75) is 44.6 Å². The molecular formula is C18H21ClF6N2O4. The first kappa shape index (κ1) is 26.8. The summed E-state index contributed by atoms with van der Waals surface area (Å²) in [6.45, 7) is 8.89. The van der Waals surface area contributed by atoms with E-state index in [9.17, 15) is 26.3 Å². The van der Waals surface area contributed by atoms with Crippen LogP contribution in [0.25, 0.3) is 0 Å². The molecule has 31 heavy (non-hydrogen) atoms. The first-order chi connectivity index (χ1) is 14.0. The van der Waals surface area contributed by atoms with Gasteiger partial charge in [-0.25, -0.2) is 9.59 Å². The van der Waals surface area contributed by atoms with Crippen LogP contribution in [0.4, 0.5) is 32.0 Å². The molecule has 176 valence electrons. The second-order valence-corrected chi connectivity index (χ2v) is 7.74. The maximum Gasteiger partial charge on any atom is 0.490 e. The predicted molar refractivity (Wildman–Crippen MR) is 100 cm³/mol. The highest BCUT2D eigenvalue weighted by Crippen LogP contribution is 2.45. The summed E-state index contributed by atoms with van der Waals surface area (Å²) in [5.41, 5.74) is 4.35. The van der Waals surface area contributed by atoms with E-state index in [1.807, 2.05) is 0 Å². The molecule has 0 amide bonds. The molecule has 2 heterocycles. The summed E-state index contributed by atoms with van der Waals surface area (Å²) >= 11 is 6.45. The SMILES string of the molecule is CC1(C)CCN2CCNCc3ccc(Cl)c1c32.O=C(O)C(F)(F)F.O=C(O)C(F)(F)F. The van der Waals surface area contributed by atoms with E-state index < -0.39 is 24.3 Å². The Balaban J connectivity index is 0.000000288. The van der Waals surface area contributed by atoms with Crippen LogP contribution in [0.2, 0.25) is 5.02 Å². The quantitative estimate of drug-likeness (QED) is 0.484. The Morgan fingerprint density at radius 3 is 1.97 bits per heavy atom. The van der Waals surface area contributed by atoms with E-state index in [4.69, 9.17) is 31.4 Å². The zero-order valence-corrected chi connectivity index (χ0v) is 17.3. The molecule has 0 radical (unpaired) electrons. The molecule has 0 saturated heterocycles. The van der Waals surface area contributed by atoms with Crippen LogP contribution in [0.5, 0.6) is 0 Å². The molecule has 0 atom stereocenters. The highest BCUT2D eigenvalue weighted by molar-refractivity contribution is 6.32. The lowest BCUT2D eigenvalue weighted by Crippen LogP contribution is -2.39. The minimum absolute atomic E-state index is 0.198. The zero-order chi connectivity index (χ0) is 24.2. The third-order valence-corrected chi connectivity index (χ3v) is 4.88.